The molecule has 0 aliphatic heterocycles. The summed E-state index contributed by atoms with van der Waals surface area (Å²) >= 11 is 0. The molecule has 118 valence electrons. The molecule has 0 saturated carbocycles. The lowest BCUT2D eigenvalue weighted by Crippen LogP contribution is -2.38. The van der Waals surface area contributed by atoms with E-state index in [1.807, 2.05) is 0 Å². The molecule has 0 radical (unpaired) electrons. The molecule has 0 saturated heterocycles. The van der Waals surface area contributed by atoms with Crippen molar-refractivity contribution in [1.29, 1.82) is 0 Å². The molecule has 0 unspecified atom stereocenters. The van der Waals surface area contributed by atoms with Gasteiger partial charge < -0.3 is 15.7 Å². The van der Waals surface area contributed by atoms with Gasteiger partial charge in [0.25, 0.3) is 0 Å². The third kappa shape index (κ3) is 11.8. The molecule has 0 spiro atoms. The van der Waals surface area contributed by atoms with E-state index in [4.69, 9.17) is 5.11 Å². The van der Waals surface area contributed by atoms with Gasteiger partial charge in [0.15, 0.2) is 9.84 Å². The number of aliphatic carboxylic acids is 1. The maximum Gasteiger partial charge on any atom is 0.314 e. The van der Waals surface area contributed by atoms with Crippen molar-refractivity contribution in [2.45, 2.75) is 39.0 Å². The van der Waals surface area contributed by atoms with Crippen molar-refractivity contribution in [3.63, 3.8) is 0 Å². The van der Waals surface area contributed by atoms with Gasteiger partial charge in [-0.3, -0.25) is 4.79 Å². The molecule has 2 amide bonds. The van der Waals surface area contributed by atoms with E-state index in [9.17, 15) is 18.0 Å². The first-order valence-corrected chi connectivity index (χ1v) is 8.63. The minimum atomic E-state index is -3.05. The van der Waals surface area contributed by atoms with Crippen LogP contribution < -0.4 is 10.6 Å². The van der Waals surface area contributed by atoms with E-state index in [2.05, 4.69) is 10.6 Å². The molecule has 0 bridgehead atoms. The monoisotopic (exact) mass is 308 g/mol. The Morgan fingerprint density at radius 2 is 1.60 bits per heavy atom. The van der Waals surface area contributed by atoms with E-state index in [1.54, 1.807) is 6.92 Å². The van der Waals surface area contributed by atoms with Crippen LogP contribution in [-0.4, -0.2) is 50.1 Å². The van der Waals surface area contributed by atoms with Crippen LogP contribution in [-0.2, 0) is 14.6 Å². The fourth-order valence-corrected chi connectivity index (χ4v) is 2.19. The van der Waals surface area contributed by atoms with Gasteiger partial charge in [-0.25, -0.2) is 13.2 Å². The number of hydrogen-bond acceptors (Lipinski definition) is 4. The van der Waals surface area contributed by atoms with Crippen LogP contribution in [0.5, 0.6) is 0 Å². The van der Waals surface area contributed by atoms with Gasteiger partial charge in [-0.2, -0.15) is 0 Å². The average Bonchev–Trinajstić information content (AvgIpc) is 2.37. The van der Waals surface area contributed by atoms with E-state index < -0.39 is 15.8 Å². The summed E-state index contributed by atoms with van der Waals surface area (Å²) < 4.78 is 22.4. The second-order valence-corrected chi connectivity index (χ2v) is 6.95. The van der Waals surface area contributed by atoms with Crippen LogP contribution in [0.25, 0.3) is 0 Å². The quantitative estimate of drug-likeness (QED) is 0.488. The number of carbonyl (C=O) groups excluding carboxylic acids is 1. The molecule has 0 aliphatic rings. The molecule has 20 heavy (non-hydrogen) atoms. The lowest BCUT2D eigenvalue weighted by Gasteiger charge is -2.07. The first-order chi connectivity index (χ1) is 9.37. The molecule has 0 aliphatic carbocycles. The van der Waals surface area contributed by atoms with E-state index in [1.165, 1.54) is 0 Å². The summed E-state index contributed by atoms with van der Waals surface area (Å²) in [7, 11) is -3.05. The Bertz CT molecular complexity index is 395. The second-order valence-electron chi connectivity index (χ2n) is 4.48. The number of urea groups is 1. The minimum absolute atomic E-state index is 0.0495. The van der Waals surface area contributed by atoms with E-state index in [-0.39, 0.29) is 30.5 Å². The number of rotatable bonds is 11. The zero-order valence-corrected chi connectivity index (χ0v) is 12.7. The summed E-state index contributed by atoms with van der Waals surface area (Å²) in [5, 5.41) is 13.5. The molecular formula is C12H24N2O5S. The number of carbonyl (C=O) groups is 2. The fourth-order valence-electron chi connectivity index (χ4n) is 1.48. The summed E-state index contributed by atoms with van der Waals surface area (Å²) in [5.74, 6) is -0.761. The van der Waals surface area contributed by atoms with Crippen LogP contribution in [0, 0.1) is 0 Å². The third-order valence-corrected chi connectivity index (χ3v) is 4.45. The predicted octanol–water partition coefficient (Wildman–Crippen LogP) is 0.755. The first kappa shape index (κ1) is 18.7. The molecule has 0 aromatic heterocycles. The lowest BCUT2D eigenvalue weighted by atomic mass is 10.1. The predicted molar refractivity (Wildman–Crippen MR) is 76.5 cm³/mol. The van der Waals surface area contributed by atoms with Crippen molar-refractivity contribution in [1.82, 2.24) is 10.6 Å². The molecule has 0 aromatic carbocycles. The third-order valence-electron chi connectivity index (χ3n) is 2.74. The van der Waals surface area contributed by atoms with Gasteiger partial charge in [0, 0.05) is 25.3 Å². The topological polar surface area (TPSA) is 113 Å². The normalized spacial score (nSPS) is 11.1. The van der Waals surface area contributed by atoms with Gasteiger partial charge in [0.2, 0.25) is 0 Å². The highest BCUT2D eigenvalue weighted by Gasteiger charge is 2.07. The van der Waals surface area contributed by atoms with Crippen LogP contribution in [0.4, 0.5) is 4.79 Å². The van der Waals surface area contributed by atoms with Gasteiger partial charge in [-0.05, 0) is 12.8 Å². The summed E-state index contributed by atoms with van der Waals surface area (Å²) in [5.41, 5.74) is 0. The van der Waals surface area contributed by atoms with Gasteiger partial charge in [0.05, 0.1) is 5.75 Å². The zero-order chi connectivity index (χ0) is 15.4. The van der Waals surface area contributed by atoms with Gasteiger partial charge in [0.1, 0.15) is 0 Å². The van der Waals surface area contributed by atoms with Crippen LogP contribution >= 0.6 is 0 Å². The number of unbranched alkanes of at least 4 members (excludes halogenated alkanes) is 3. The molecule has 0 heterocycles. The Morgan fingerprint density at radius 1 is 1.00 bits per heavy atom. The van der Waals surface area contributed by atoms with E-state index >= 15 is 0 Å². The van der Waals surface area contributed by atoms with Crippen LogP contribution in [0.2, 0.25) is 0 Å². The molecule has 7 nitrogen and oxygen atoms in total. The minimum Gasteiger partial charge on any atom is -0.481 e. The highest BCUT2D eigenvalue weighted by atomic mass is 32.2. The molecule has 3 N–H and O–H groups in total. The smallest absolute Gasteiger partial charge is 0.314 e. The Morgan fingerprint density at radius 3 is 2.20 bits per heavy atom. The molecule has 0 atom stereocenters. The van der Waals surface area contributed by atoms with Crippen LogP contribution in [0.1, 0.15) is 39.0 Å². The van der Waals surface area contributed by atoms with Crippen molar-refractivity contribution in [2.24, 2.45) is 0 Å². The number of hydrogen-bond donors (Lipinski definition) is 3. The number of carboxylic acids is 1. The molecule has 0 rings (SSSR count). The van der Waals surface area contributed by atoms with Gasteiger partial charge in [-0.1, -0.05) is 19.8 Å². The van der Waals surface area contributed by atoms with Crippen molar-refractivity contribution in [2.75, 3.05) is 24.6 Å². The van der Waals surface area contributed by atoms with Crippen molar-refractivity contribution >= 4 is 21.8 Å². The van der Waals surface area contributed by atoms with E-state index in [0.717, 1.165) is 19.3 Å². The number of nitrogens with one attached hydrogen (secondary N) is 2. The largest absolute Gasteiger partial charge is 0.481 e. The SMILES string of the molecule is CCS(=O)(=O)CCNC(=O)NCCCCCCC(=O)O. The molecule has 0 aromatic rings. The summed E-state index contributed by atoms with van der Waals surface area (Å²) in [6, 6.07) is -0.373. The van der Waals surface area contributed by atoms with Gasteiger partial charge in [-0.15, -0.1) is 0 Å². The Labute approximate surface area is 120 Å². The second kappa shape index (κ2) is 10.5. The average molecular weight is 308 g/mol. The Balaban J connectivity index is 3.44. The zero-order valence-electron chi connectivity index (χ0n) is 11.9. The maximum absolute atomic E-state index is 11.3. The molecular weight excluding hydrogens is 284 g/mol. The highest BCUT2D eigenvalue weighted by molar-refractivity contribution is 7.91. The van der Waals surface area contributed by atoms with Crippen molar-refractivity contribution < 1.29 is 23.1 Å². The summed E-state index contributed by atoms with van der Waals surface area (Å²) in [6.45, 7) is 2.18. The number of sulfone groups is 1. The Kier molecular flexibility index (Phi) is 9.79. The van der Waals surface area contributed by atoms with Crippen molar-refractivity contribution in [3.05, 3.63) is 0 Å². The van der Waals surface area contributed by atoms with E-state index in [0.29, 0.717) is 13.0 Å². The lowest BCUT2D eigenvalue weighted by molar-refractivity contribution is -0.137. The van der Waals surface area contributed by atoms with Crippen LogP contribution in [0.3, 0.4) is 0 Å². The number of amides is 2. The molecule has 8 heteroatoms. The summed E-state index contributed by atoms with van der Waals surface area (Å²) in [6.07, 6.45) is 3.29. The fraction of sp³-hybridized carbons (Fsp3) is 0.833. The maximum atomic E-state index is 11.3. The van der Waals surface area contributed by atoms with Crippen LogP contribution in [0.15, 0.2) is 0 Å². The Hall–Kier alpha value is -1.31. The highest BCUT2D eigenvalue weighted by Crippen LogP contribution is 2.01. The van der Waals surface area contributed by atoms with Crippen molar-refractivity contribution in [3.8, 4) is 0 Å². The summed E-state index contributed by atoms with van der Waals surface area (Å²) in [4.78, 5) is 21.6. The number of carboxylic acid groups (broad SMARTS) is 1. The first-order valence-electron chi connectivity index (χ1n) is 6.81. The standard InChI is InChI=1S/C12H24N2O5S/c1-2-20(18,19)10-9-14-12(17)13-8-6-4-3-5-7-11(15)16/h2-10H2,1H3,(H,15,16)(H2,13,14,17). The van der Waals surface area contributed by atoms with Gasteiger partial charge >= 0.3 is 12.0 Å². The molecule has 0 fully saturated rings.